The van der Waals surface area contributed by atoms with Crippen molar-refractivity contribution in [3.63, 3.8) is 0 Å². The maximum atomic E-state index is 12.6. The zero-order valence-electron chi connectivity index (χ0n) is 18.3. The maximum absolute atomic E-state index is 12.6. The van der Waals surface area contributed by atoms with E-state index in [2.05, 4.69) is 15.8 Å². The summed E-state index contributed by atoms with van der Waals surface area (Å²) in [5.74, 6) is -0.431. The van der Waals surface area contributed by atoms with Crippen LogP contribution in [0.5, 0.6) is 5.75 Å². The van der Waals surface area contributed by atoms with Crippen LogP contribution in [-0.4, -0.2) is 29.6 Å². The molecule has 0 radical (unpaired) electrons. The van der Waals surface area contributed by atoms with E-state index in [1.54, 1.807) is 13.0 Å². The van der Waals surface area contributed by atoms with Crippen molar-refractivity contribution in [3.8, 4) is 5.75 Å². The van der Waals surface area contributed by atoms with Gasteiger partial charge in [-0.15, -0.1) is 0 Å². The predicted octanol–water partition coefficient (Wildman–Crippen LogP) is 4.64. The Morgan fingerprint density at radius 1 is 1.06 bits per heavy atom. The molecule has 2 amide bonds. The molecule has 4 rings (SSSR count). The standard InChI is InChI=1S/C24H20N4O6/c1-14(26-27-24(30)15-7-9-16(10-8-15)28(31)32)11-23(29)25-19-13-21-18(12-22(19)33-2)17-5-3-4-6-20(17)34-21/h3-10,12-13H,11H2,1-2H3,(H,25,29)(H,27,30). The molecule has 3 aromatic carbocycles. The summed E-state index contributed by atoms with van der Waals surface area (Å²) in [6.07, 6.45) is -0.0815. The number of nitro groups is 1. The van der Waals surface area contributed by atoms with Gasteiger partial charge in [-0.05, 0) is 31.2 Å². The van der Waals surface area contributed by atoms with Crippen LogP contribution in [0, 0.1) is 10.1 Å². The minimum Gasteiger partial charge on any atom is -0.495 e. The van der Waals surface area contributed by atoms with Gasteiger partial charge in [0.05, 0.1) is 24.1 Å². The van der Waals surface area contributed by atoms with Crippen LogP contribution in [0.25, 0.3) is 21.9 Å². The number of nitrogens with one attached hydrogen (secondary N) is 2. The summed E-state index contributed by atoms with van der Waals surface area (Å²) in [6.45, 7) is 1.59. The van der Waals surface area contributed by atoms with Gasteiger partial charge >= 0.3 is 0 Å². The van der Waals surface area contributed by atoms with E-state index in [4.69, 9.17) is 9.15 Å². The van der Waals surface area contributed by atoms with Gasteiger partial charge in [0.25, 0.3) is 11.6 Å². The van der Waals surface area contributed by atoms with E-state index in [-0.39, 0.29) is 23.6 Å². The largest absolute Gasteiger partial charge is 0.495 e. The summed E-state index contributed by atoms with van der Waals surface area (Å²) < 4.78 is 11.3. The second-order valence-corrected chi connectivity index (χ2v) is 7.46. The van der Waals surface area contributed by atoms with Gasteiger partial charge in [-0.1, -0.05) is 18.2 Å². The number of nitro benzene ring substituents is 1. The van der Waals surface area contributed by atoms with E-state index in [9.17, 15) is 19.7 Å². The molecule has 0 atom stereocenters. The monoisotopic (exact) mass is 460 g/mol. The summed E-state index contributed by atoms with van der Waals surface area (Å²) in [7, 11) is 1.51. The first-order valence-corrected chi connectivity index (χ1v) is 10.2. The van der Waals surface area contributed by atoms with Gasteiger partial charge in [0.15, 0.2) is 0 Å². The summed E-state index contributed by atoms with van der Waals surface area (Å²) in [5, 5.41) is 19.2. The molecule has 2 N–H and O–H groups in total. The van der Waals surface area contributed by atoms with Gasteiger partial charge < -0.3 is 14.5 Å². The number of methoxy groups -OCH3 is 1. The summed E-state index contributed by atoms with van der Waals surface area (Å²) in [4.78, 5) is 34.9. The number of rotatable bonds is 7. The van der Waals surface area contributed by atoms with Crippen molar-refractivity contribution >= 4 is 50.8 Å². The van der Waals surface area contributed by atoms with Crippen molar-refractivity contribution in [2.24, 2.45) is 5.10 Å². The van der Waals surface area contributed by atoms with Gasteiger partial charge in [-0.25, -0.2) is 5.43 Å². The van der Waals surface area contributed by atoms with Crippen LogP contribution in [0.4, 0.5) is 11.4 Å². The predicted molar refractivity (Wildman–Crippen MR) is 127 cm³/mol. The molecule has 0 aliphatic rings. The Morgan fingerprint density at radius 2 is 1.79 bits per heavy atom. The first-order chi connectivity index (χ1) is 16.4. The van der Waals surface area contributed by atoms with Gasteiger partial charge in [-0.2, -0.15) is 5.10 Å². The average molecular weight is 460 g/mol. The highest BCUT2D eigenvalue weighted by atomic mass is 16.6. The molecule has 0 saturated heterocycles. The number of carbonyl (C=O) groups is 2. The van der Waals surface area contributed by atoms with E-state index in [0.29, 0.717) is 22.7 Å². The Kier molecular flexibility index (Phi) is 6.22. The lowest BCUT2D eigenvalue weighted by Crippen LogP contribution is -2.21. The van der Waals surface area contributed by atoms with Crippen LogP contribution >= 0.6 is 0 Å². The van der Waals surface area contributed by atoms with E-state index in [1.165, 1.54) is 31.4 Å². The molecule has 10 nitrogen and oxygen atoms in total. The van der Waals surface area contributed by atoms with E-state index in [0.717, 1.165) is 16.4 Å². The van der Waals surface area contributed by atoms with Gasteiger partial charge in [-0.3, -0.25) is 19.7 Å². The fourth-order valence-electron chi connectivity index (χ4n) is 3.43. The van der Waals surface area contributed by atoms with Crippen LogP contribution in [0.2, 0.25) is 0 Å². The number of non-ortho nitro benzene ring substituents is 1. The zero-order chi connectivity index (χ0) is 24.2. The number of anilines is 1. The van der Waals surface area contributed by atoms with E-state index in [1.807, 2.05) is 30.3 Å². The van der Waals surface area contributed by atoms with Crippen LogP contribution in [0.15, 0.2) is 70.2 Å². The Balaban J connectivity index is 1.43. The Labute approximate surface area is 193 Å². The summed E-state index contributed by atoms with van der Waals surface area (Å²) >= 11 is 0. The van der Waals surface area contributed by atoms with E-state index < -0.39 is 10.8 Å². The third-order valence-corrected chi connectivity index (χ3v) is 5.08. The second kappa shape index (κ2) is 9.41. The van der Waals surface area contributed by atoms with Gasteiger partial charge in [0, 0.05) is 40.2 Å². The van der Waals surface area contributed by atoms with Crippen molar-refractivity contribution in [2.45, 2.75) is 13.3 Å². The molecular formula is C24H20N4O6. The quantitative estimate of drug-likeness (QED) is 0.234. The van der Waals surface area contributed by atoms with Crippen LogP contribution < -0.4 is 15.5 Å². The number of benzene rings is 3. The first kappa shape index (κ1) is 22.5. The van der Waals surface area contributed by atoms with Gasteiger partial charge in [0.1, 0.15) is 16.9 Å². The fraction of sp³-hybridized carbons (Fsp3) is 0.125. The summed E-state index contributed by atoms with van der Waals surface area (Å²) in [5.41, 5.74) is 4.57. The minimum absolute atomic E-state index is 0.0815. The van der Waals surface area contributed by atoms with Crippen LogP contribution in [0.1, 0.15) is 23.7 Å². The SMILES string of the molecule is COc1cc2c(cc1NC(=O)CC(C)=NNC(=O)c1ccc([N+](=O)[O-])cc1)oc1ccccc12. The number of fused-ring (bicyclic) bond motifs is 3. The van der Waals surface area contributed by atoms with Crippen molar-refractivity contribution in [2.75, 3.05) is 12.4 Å². The van der Waals surface area contributed by atoms with Crippen molar-refractivity contribution < 1.29 is 23.7 Å². The highest BCUT2D eigenvalue weighted by Gasteiger charge is 2.15. The number of nitrogens with zero attached hydrogens (tertiary/aromatic N) is 2. The molecule has 1 aromatic heterocycles. The number of hydrazone groups is 1. The molecule has 0 aliphatic carbocycles. The molecule has 34 heavy (non-hydrogen) atoms. The summed E-state index contributed by atoms with van der Waals surface area (Å²) in [6, 6.07) is 16.2. The lowest BCUT2D eigenvalue weighted by atomic mass is 10.1. The maximum Gasteiger partial charge on any atom is 0.271 e. The third-order valence-electron chi connectivity index (χ3n) is 5.08. The number of ether oxygens (including phenoxy) is 1. The number of furan rings is 1. The smallest absolute Gasteiger partial charge is 0.271 e. The number of hydrogen-bond acceptors (Lipinski definition) is 7. The Bertz CT molecular complexity index is 1440. The zero-order valence-corrected chi connectivity index (χ0v) is 18.3. The molecule has 4 aromatic rings. The lowest BCUT2D eigenvalue weighted by Gasteiger charge is -2.10. The van der Waals surface area contributed by atoms with Crippen LogP contribution in [0.3, 0.4) is 0 Å². The highest BCUT2D eigenvalue weighted by Crippen LogP contribution is 2.36. The third kappa shape index (κ3) is 4.70. The Morgan fingerprint density at radius 3 is 2.50 bits per heavy atom. The van der Waals surface area contributed by atoms with Crippen molar-refractivity contribution in [1.82, 2.24) is 5.43 Å². The highest BCUT2D eigenvalue weighted by molar-refractivity contribution is 6.10. The minimum atomic E-state index is -0.552. The number of carbonyl (C=O) groups excluding carboxylic acids is 2. The molecule has 1 heterocycles. The number of para-hydroxylation sites is 1. The Hall–Kier alpha value is -4.73. The van der Waals surface area contributed by atoms with E-state index >= 15 is 0 Å². The van der Waals surface area contributed by atoms with Crippen molar-refractivity contribution in [3.05, 3.63) is 76.3 Å². The fourth-order valence-corrected chi connectivity index (χ4v) is 3.43. The second-order valence-electron chi connectivity index (χ2n) is 7.46. The molecule has 172 valence electrons. The van der Waals surface area contributed by atoms with Crippen molar-refractivity contribution in [1.29, 1.82) is 0 Å². The number of hydrogen-bond donors (Lipinski definition) is 2. The van der Waals surface area contributed by atoms with Crippen LogP contribution in [-0.2, 0) is 4.79 Å². The first-order valence-electron chi connectivity index (χ1n) is 10.2. The lowest BCUT2D eigenvalue weighted by molar-refractivity contribution is -0.384. The molecule has 0 aliphatic heterocycles. The van der Waals surface area contributed by atoms with Gasteiger partial charge in [0.2, 0.25) is 5.91 Å². The average Bonchev–Trinajstić information content (AvgIpc) is 3.19. The molecule has 0 saturated carbocycles. The molecule has 0 bridgehead atoms. The topological polar surface area (TPSA) is 136 Å². The normalized spacial score (nSPS) is 11.4. The molecule has 0 spiro atoms. The molecule has 0 fully saturated rings. The molecule has 10 heteroatoms. The number of amides is 2. The molecule has 0 unspecified atom stereocenters. The molecular weight excluding hydrogens is 440 g/mol.